The zero-order chi connectivity index (χ0) is 30.5. The lowest BCUT2D eigenvalue weighted by atomic mass is 9.84. The van der Waals surface area contributed by atoms with Crippen molar-refractivity contribution in [2.45, 2.75) is 102 Å². The van der Waals surface area contributed by atoms with Gasteiger partial charge in [0, 0.05) is 12.5 Å². The zero-order valence-corrected chi connectivity index (χ0v) is 24.3. The Labute approximate surface area is 246 Å². The van der Waals surface area contributed by atoms with E-state index in [-0.39, 0.29) is 50.3 Å². The normalized spacial score (nSPS) is 21.0. The Balaban J connectivity index is 1.61. The summed E-state index contributed by atoms with van der Waals surface area (Å²) in [6, 6.07) is 5.88. The standard InChI is InChI=1S/C30H44N4O8/c1-2-41-29(39)25-18-21-12-6-7-14-24(21)34(25)26(35)16-15-23(28(37)38)32-27(36)22(13-8-9-17-31)33-30(40)42-19-20-10-4-3-5-11-20/h3-5,10-11,21-25H,2,6-9,12-19,31H2,1H3,(H,32,36)(H,33,40)(H,37,38)/t21-,22-,23+,24-,25-/m0/s1. The van der Waals surface area contributed by atoms with E-state index in [2.05, 4.69) is 10.6 Å². The molecule has 1 saturated carbocycles. The number of carboxylic acid groups (broad SMARTS) is 1. The number of amides is 3. The molecule has 2 aliphatic rings. The van der Waals surface area contributed by atoms with E-state index in [1.807, 2.05) is 18.2 Å². The maximum Gasteiger partial charge on any atom is 0.408 e. The Morgan fingerprint density at radius 1 is 1.00 bits per heavy atom. The van der Waals surface area contributed by atoms with Crippen LogP contribution in [0.25, 0.3) is 0 Å². The van der Waals surface area contributed by atoms with Crippen LogP contribution in [0.3, 0.4) is 0 Å². The third-order valence-corrected chi connectivity index (χ3v) is 7.96. The Hall–Kier alpha value is -3.67. The number of rotatable bonds is 15. The fraction of sp³-hybridized carbons (Fsp3) is 0.633. The number of likely N-dealkylation sites (tertiary alicyclic amines) is 1. The fourth-order valence-corrected chi connectivity index (χ4v) is 5.86. The Morgan fingerprint density at radius 3 is 2.43 bits per heavy atom. The minimum Gasteiger partial charge on any atom is -0.480 e. The van der Waals surface area contributed by atoms with Crippen molar-refractivity contribution in [2.75, 3.05) is 13.2 Å². The molecule has 232 valence electrons. The fourth-order valence-electron chi connectivity index (χ4n) is 5.86. The number of carbonyl (C=O) groups excluding carboxylic acids is 4. The molecule has 1 aromatic carbocycles. The van der Waals surface area contributed by atoms with Crippen LogP contribution in [0.2, 0.25) is 0 Å². The summed E-state index contributed by atoms with van der Waals surface area (Å²) in [5, 5.41) is 14.8. The number of nitrogens with zero attached hydrogens (tertiary/aromatic N) is 1. The maximum absolute atomic E-state index is 13.4. The highest BCUT2D eigenvalue weighted by molar-refractivity contribution is 5.90. The molecule has 1 aliphatic carbocycles. The number of nitrogens with two attached hydrogens (primary N) is 1. The molecule has 0 aromatic heterocycles. The lowest BCUT2D eigenvalue weighted by Gasteiger charge is -2.33. The molecule has 1 saturated heterocycles. The van der Waals surface area contributed by atoms with Crippen molar-refractivity contribution in [3.63, 3.8) is 0 Å². The third-order valence-electron chi connectivity index (χ3n) is 7.96. The van der Waals surface area contributed by atoms with E-state index in [0.717, 1.165) is 31.2 Å². The van der Waals surface area contributed by atoms with Crippen molar-refractivity contribution in [1.82, 2.24) is 15.5 Å². The third kappa shape index (κ3) is 9.43. The highest BCUT2D eigenvalue weighted by atomic mass is 16.5. The van der Waals surface area contributed by atoms with Crippen molar-refractivity contribution in [1.29, 1.82) is 0 Å². The molecule has 2 fully saturated rings. The van der Waals surface area contributed by atoms with Crippen LogP contribution in [0.15, 0.2) is 30.3 Å². The molecule has 0 bridgehead atoms. The second-order valence-electron chi connectivity index (χ2n) is 10.9. The van der Waals surface area contributed by atoms with E-state index in [4.69, 9.17) is 15.2 Å². The number of hydrogen-bond acceptors (Lipinski definition) is 8. The van der Waals surface area contributed by atoms with Gasteiger partial charge in [0.25, 0.3) is 0 Å². The molecular weight excluding hydrogens is 544 g/mol. The average molecular weight is 589 g/mol. The SMILES string of the molecule is CCOC(=O)[C@@H]1C[C@@H]2CCCC[C@@H]2N1C(=O)CC[C@@H](NC(=O)[C@H](CCCCN)NC(=O)OCc1ccccc1)C(=O)O. The van der Waals surface area contributed by atoms with Crippen LogP contribution in [0.1, 0.15) is 76.7 Å². The summed E-state index contributed by atoms with van der Waals surface area (Å²) in [5.41, 5.74) is 6.35. The number of aliphatic carboxylic acids is 1. The molecule has 12 heteroatoms. The van der Waals surface area contributed by atoms with Gasteiger partial charge < -0.3 is 35.8 Å². The van der Waals surface area contributed by atoms with E-state index in [1.54, 1.807) is 24.0 Å². The summed E-state index contributed by atoms with van der Waals surface area (Å²) in [7, 11) is 0. The monoisotopic (exact) mass is 588 g/mol. The van der Waals surface area contributed by atoms with Crippen molar-refractivity contribution in [3.8, 4) is 0 Å². The summed E-state index contributed by atoms with van der Waals surface area (Å²) < 4.78 is 10.5. The van der Waals surface area contributed by atoms with Crippen molar-refractivity contribution in [3.05, 3.63) is 35.9 Å². The van der Waals surface area contributed by atoms with Gasteiger partial charge in [-0.1, -0.05) is 43.2 Å². The molecule has 42 heavy (non-hydrogen) atoms. The molecule has 0 spiro atoms. The average Bonchev–Trinajstić information content (AvgIpc) is 3.38. The number of esters is 1. The van der Waals surface area contributed by atoms with E-state index < -0.39 is 42.1 Å². The number of carboxylic acids is 1. The topological polar surface area (TPSA) is 177 Å². The molecule has 5 N–H and O–H groups in total. The smallest absolute Gasteiger partial charge is 0.408 e. The summed E-state index contributed by atoms with van der Waals surface area (Å²) in [6.45, 7) is 2.33. The van der Waals surface area contributed by atoms with Gasteiger partial charge >= 0.3 is 18.0 Å². The first-order valence-electron chi connectivity index (χ1n) is 14.9. The highest BCUT2D eigenvalue weighted by Gasteiger charge is 2.48. The molecule has 3 rings (SSSR count). The van der Waals surface area contributed by atoms with Crippen molar-refractivity contribution >= 4 is 29.8 Å². The van der Waals surface area contributed by atoms with Crippen molar-refractivity contribution < 1.29 is 38.6 Å². The summed E-state index contributed by atoms with van der Waals surface area (Å²) >= 11 is 0. The number of benzene rings is 1. The van der Waals surface area contributed by atoms with Gasteiger partial charge in [0.15, 0.2) is 0 Å². The predicted octanol–water partition coefficient (Wildman–Crippen LogP) is 2.48. The minimum absolute atomic E-state index is 0.00875. The van der Waals surface area contributed by atoms with Crippen LogP contribution >= 0.6 is 0 Å². The molecule has 0 radical (unpaired) electrons. The zero-order valence-electron chi connectivity index (χ0n) is 24.3. The van der Waals surface area contributed by atoms with Gasteiger partial charge in [0.2, 0.25) is 11.8 Å². The van der Waals surface area contributed by atoms with Crippen molar-refractivity contribution in [2.24, 2.45) is 11.7 Å². The second kappa shape index (κ2) is 16.7. The number of nitrogens with one attached hydrogen (secondary N) is 2. The van der Waals surface area contributed by atoms with Gasteiger partial charge in [-0.15, -0.1) is 0 Å². The summed E-state index contributed by atoms with van der Waals surface area (Å²) in [4.78, 5) is 65.3. The number of ether oxygens (including phenoxy) is 2. The van der Waals surface area contributed by atoms with E-state index in [0.29, 0.717) is 25.8 Å². The van der Waals surface area contributed by atoms with Gasteiger partial charge in [-0.25, -0.2) is 14.4 Å². The number of hydrogen-bond donors (Lipinski definition) is 4. The first-order chi connectivity index (χ1) is 20.2. The van der Waals surface area contributed by atoms with Gasteiger partial charge in [0.05, 0.1) is 6.61 Å². The molecule has 1 aliphatic heterocycles. The van der Waals surface area contributed by atoms with Crippen LogP contribution in [0, 0.1) is 5.92 Å². The van der Waals surface area contributed by atoms with Crippen LogP contribution < -0.4 is 16.4 Å². The molecule has 0 unspecified atom stereocenters. The lowest BCUT2D eigenvalue weighted by Crippen LogP contribution is -2.52. The maximum atomic E-state index is 13.4. The van der Waals surface area contributed by atoms with E-state index >= 15 is 0 Å². The van der Waals surface area contributed by atoms with E-state index in [1.165, 1.54) is 0 Å². The van der Waals surface area contributed by atoms with Gasteiger partial charge in [-0.3, -0.25) is 9.59 Å². The molecule has 12 nitrogen and oxygen atoms in total. The predicted molar refractivity (Wildman–Crippen MR) is 153 cm³/mol. The first kappa shape index (κ1) is 32.8. The minimum atomic E-state index is -1.37. The van der Waals surface area contributed by atoms with E-state index in [9.17, 15) is 29.1 Å². The van der Waals surface area contributed by atoms with Crippen LogP contribution in [-0.4, -0.2) is 77.2 Å². The quantitative estimate of drug-likeness (QED) is 0.177. The summed E-state index contributed by atoms with van der Waals surface area (Å²) in [5.74, 6) is -2.54. The Bertz CT molecular complexity index is 1070. The second-order valence-corrected chi connectivity index (χ2v) is 10.9. The first-order valence-corrected chi connectivity index (χ1v) is 14.9. The number of unbranched alkanes of at least 4 members (excludes halogenated alkanes) is 1. The van der Waals surface area contributed by atoms with Gasteiger partial charge in [0.1, 0.15) is 24.7 Å². The molecule has 3 amide bonds. The number of fused-ring (bicyclic) bond motifs is 1. The number of alkyl carbamates (subject to hydrolysis) is 1. The largest absolute Gasteiger partial charge is 0.480 e. The lowest BCUT2D eigenvalue weighted by molar-refractivity contribution is -0.154. The molecule has 5 atom stereocenters. The Kier molecular flexibility index (Phi) is 13.1. The number of carbonyl (C=O) groups is 5. The van der Waals surface area contributed by atoms with Crippen LogP contribution in [0.5, 0.6) is 0 Å². The molecule has 1 aromatic rings. The van der Waals surface area contributed by atoms with Crippen LogP contribution in [0.4, 0.5) is 4.79 Å². The molecular formula is C30H44N4O8. The van der Waals surface area contributed by atoms with Gasteiger partial charge in [-0.05, 0) is 69.9 Å². The Morgan fingerprint density at radius 2 is 1.74 bits per heavy atom. The van der Waals surface area contributed by atoms with Crippen LogP contribution in [-0.2, 0) is 35.3 Å². The molecule has 1 heterocycles. The van der Waals surface area contributed by atoms with Gasteiger partial charge in [-0.2, -0.15) is 0 Å². The summed E-state index contributed by atoms with van der Waals surface area (Å²) in [6.07, 6.45) is 4.50. The highest BCUT2D eigenvalue weighted by Crippen LogP contribution is 2.40.